The summed E-state index contributed by atoms with van der Waals surface area (Å²) in [5.41, 5.74) is 2.08. The van der Waals surface area contributed by atoms with Crippen LogP contribution in [0.15, 0.2) is 35.5 Å². The molecule has 25 heavy (non-hydrogen) atoms. The maximum absolute atomic E-state index is 12.4. The zero-order chi connectivity index (χ0) is 18.4. The Morgan fingerprint density at radius 2 is 2.12 bits per heavy atom. The molecule has 0 saturated heterocycles. The number of hydrogen-bond donors (Lipinski definition) is 1. The number of ether oxygens (including phenoxy) is 2. The van der Waals surface area contributed by atoms with E-state index >= 15 is 0 Å². The highest BCUT2D eigenvalue weighted by Crippen LogP contribution is 2.34. The van der Waals surface area contributed by atoms with Gasteiger partial charge in [0.25, 0.3) is 0 Å². The molecule has 5 nitrogen and oxygen atoms in total. The number of hydrogen-bond acceptors (Lipinski definition) is 4. The molecule has 1 N–H and O–H groups in total. The second kappa shape index (κ2) is 9.17. The first-order valence-electron chi connectivity index (χ1n) is 8.20. The van der Waals surface area contributed by atoms with Crippen LogP contribution in [0.1, 0.15) is 31.9 Å². The summed E-state index contributed by atoms with van der Waals surface area (Å²) in [7, 11) is 1.37. The molecule has 7 heteroatoms. The van der Waals surface area contributed by atoms with Crippen LogP contribution in [0.25, 0.3) is 0 Å². The number of thiocarbonyl (C=S) groups is 1. The zero-order valence-corrected chi connectivity index (χ0v) is 16.2. The first-order valence-corrected chi connectivity index (χ1v) is 8.99. The van der Waals surface area contributed by atoms with Gasteiger partial charge in [-0.2, -0.15) is 0 Å². The average molecular weight is 383 g/mol. The quantitative estimate of drug-likeness (QED) is 0.443. The molecule has 0 amide bonds. The Labute approximate surface area is 158 Å². The van der Waals surface area contributed by atoms with Crippen LogP contribution in [-0.2, 0) is 14.3 Å². The molecule has 0 saturated carbocycles. The largest absolute Gasteiger partial charge is 0.466 e. The Morgan fingerprint density at radius 1 is 1.40 bits per heavy atom. The number of halogens is 1. The average Bonchev–Trinajstić information content (AvgIpc) is 2.60. The maximum atomic E-state index is 12.4. The first kappa shape index (κ1) is 19.7. The third-order valence-electron chi connectivity index (χ3n) is 4.09. The first-order chi connectivity index (χ1) is 12.0. The minimum absolute atomic E-state index is 0.396. The summed E-state index contributed by atoms with van der Waals surface area (Å²) in [6.07, 6.45) is 0.804. The predicted molar refractivity (Wildman–Crippen MR) is 102 cm³/mol. The van der Waals surface area contributed by atoms with Gasteiger partial charge in [0.2, 0.25) is 0 Å². The van der Waals surface area contributed by atoms with E-state index in [-0.39, 0.29) is 0 Å². The number of rotatable bonds is 7. The van der Waals surface area contributed by atoms with Gasteiger partial charge in [-0.1, -0.05) is 29.8 Å². The fraction of sp³-hybridized carbons (Fsp3) is 0.444. The van der Waals surface area contributed by atoms with Crippen LogP contribution in [0.3, 0.4) is 0 Å². The van der Waals surface area contributed by atoms with Gasteiger partial charge in [0.1, 0.15) is 0 Å². The van der Waals surface area contributed by atoms with E-state index in [0.29, 0.717) is 35.5 Å². The lowest BCUT2D eigenvalue weighted by Crippen LogP contribution is -2.48. The Balaban J connectivity index is 2.36. The molecule has 136 valence electrons. The smallest absolute Gasteiger partial charge is 0.337 e. The summed E-state index contributed by atoms with van der Waals surface area (Å²) in [5.74, 6) is -0.396. The minimum Gasteiger partial charge on any atom is -0.466 e. The van der Waals surface area contributed by atoms with E-state index in [1.54, 1.807) is 6.07 Å². The molecular weight excluding hydrogens is 360 g/mol. The second-order valence-corrected chi connectivity index (χ2v) is 6.39. The minimum atomic E-state index is -0.434. The van der Waals surface area contributed by atoms with Gasteiger partial charge in [-0.15, -0.1) is 0 Å². The van der Waals surface area contributed by atoms with Crippen molar-refractivity contribution in [1.82, 2.24) is 10.2 Å². The summed E-state index contributed by atoms with van der Waals surface area (Å²) in [6, 6.07) is 6.97. The van der Waals surface area contributed by atoms with E-state index < -0.39 is 12.0 Å². The SMILES string of the molecule is CCOCCCN1C(=S)N[C@H](c2ccccc2Cl)C(C(=O)OC)=C1C. The lowest BCUT2D eigenvalue weighted by Gasteiger charge is -2.37. The van der Waals surface area contributed by atoms with E-state index in [4.69, 9.17) is 33.3 Å². The third kappa shape index (κ3) is 4.51. The van der Waals surface area contributed by atoms with Crippen molar-refractivity contribution in [3.8, 4) is 0 Å². The Bertz CT molecular complexity index is 678. The number of carbonyl (C=O) groups is 1. The maximum Gasteiger partial charge on any atom is 0.337 e. The highest BCUT2D eigenvalue weighted by molar-refractivity contribution is 7.80. The van der Waals surface area contributed by atoms with Crippen LogP contribution in [0.5, 0.6) is 0 Å². The fourth-order valence-corrected chi connectivity index (χ4v) is 3.43. The Kier molecular flexibility index (Phi) is 7.23. The number of benzene rings is 1. The van der Waals surface area contributed by atoms with Crippen molar-refractivity contribution < 1.29 is 14.3 Å². The van der Waals surface area contributed by atoms with Crippen LogP contribution in [0.2, 0.25) is 5.02 Å². The molecule has 1 aliphatic heterocycles. The zero-order valence-electron chi connectivity index (χ0n) is 14.7. The van der Waals surface area contributed by atoms with E-state index in [9.17, 15) is 4.79 Å². The van der Waals surface area contributed by atoms with Crippen molar-refractivity contribution in [1.29, 1.82) is 0 Å². The monoisotopic (exact) mass is 382 g/mol. The van der Waals surface area contributed by atoms with Crippen molar-refractivity contribution >= 4 is 34.9 Å². The second-order valence-electron chi connectivity index (χ2n) is 5.60. The normalized spacial score (nSPS) is 17.5. The van der Waals surface area contributed by atoms with Gasteiger partial charge in [0, 0.05) is 30.5 Å². The lowest BCUT2D eigenvalue weighted by molar-refractivity contribution is -0.136. The van der Waals surface area contributed by atoms with Gasteiger partial charge in [-0.05, 0) is 44.1 Å². The van der Waals surface area contributed by atoms with Crippen molar-refractivity contribution in [3.63, 3.8) is 0 Å². The van der Waals surface area contributed by atoms with Gasteiger partial charge in [-0.25, -0.2) is 4.79 Å². The molecule has 1 aromatic rings. The van der Waals surface area contributed by atoms with Gasteiger partial charge >= 0.3 is 5.97 Å². The summed E-state index contributed by atoms with van der Waals surface area (Å²) in [5, 5.41) is 4.37. The van der Waals surface area contributed by atoms with Crippen molar-refractivity contribution in [2.24, 2.45) is 0 Å². The predicted octanol–water partition coefficient (Wildman–Crippen LogP) is 3.44. The molecule has 1 aromatic carbocycles. The van der Waals surface area contributed by atoms with Crippen LogP contribution in [0.4, 0.5) is 0 Å². The summed E-state index contributed by atoms with van der Waals surface area (Å²) < 4.78 is 10.4. The highest BCUT2D eigenvalue weighted by Gasteiger charge is 2.35. The van der Waals surface area contributed by atoms with Crippen LogP contribution >= 0.6 is 23.8 Å². The van der Waals surface area contributed by atoms with E-state index in [2.05, 4.69) is 5.32 Å². The van der Waals surface area contributed by atoms with Gasteiger partial charge in [0.05, 0.1) is 18.7 Å². The van der Waals surface area contributed by atoms with Crippen molar-refractivity contribution in [3.05, 3.63) is 46.1 Å². The van der Waals surface area contributed by atoms with Gasteiger partial charge in [0.15, 0.2) is 5.11 Å². The third-order valence-corrected chi connectivity index (χ3v) is 4.77. The molecule has 2 rings (SSSR count). The van der Waals surface area contributed by atoms with Crippen LogP contribution in [-0.4, -0.2) is 42.8 Å². The molecule has 0 aromatic heterocycles. The molecule has 0 fully saturated rings. The van der Waals surface area contributed by atoms with Crippen molar-refractivity contribution in [2.45, 2.75) is 26.3 Å². The molecular formula is C18H23ClN2O3S. The molecule has 0 bridgehead atoms. The molecule has 1 heterocycles. The lowest BCUT2D eigenvalue weighted by atomic mass is 9.95. The number of carbonyl (C=O) groups excluding carboxylic acids is 1. The molecule has 0 radical (unpaired) electrons. The van der Waals surface area contributed by atoms with Crippen molar-refractivity contribution in [2.75, 3.05) is 26.9 Å². The number of nitrogens with one attached hydrogen (secondary N) is 1. The fourth-order valence-electron chi connectivity index (χ4n) is 2.84. The highest BCUT2D eigenvalue weighted by atomic mass is 35.5. The molecule has 1 aliphatic rings. The number of methoxy groups -OCH3 is 1. The summed E-state index contributed by atoms with van der Waals surface area (Å²) in [4.78, 5) is 14.4. The standard InChI is InChI=1S/C18H23ClN2O3S/c1-4-24-11-7-10-21-12(2)15(17(22)23-3)16(20-18(21)25)13-8-5-6-9-14(13)19/h5-6,8-9,16H,4,7,10-11H2,1-3H3,(H,20,25)/t16-/m1/s1. The summed E-state index contributed by atoms with van der Waals surface area (Å²) >= 11 is 11.9. The van der Waals surface area contributed by atoms with Gasteiger partial charge in [-0.3, -0.25) is 0 Å². The van der Waals surface area contributed by atoms with Gasteiger partial charge < -0.3 is 19.7 Å². The van der Waals surface area contributed by atoms with Crippen LogP contribution in [0, 0.1) is 0 Å². The van der Waals surface area contributed by atoms with E-state index in [0.717, 1.165) is 17.7 Å². The topological polar surface area (TPSA) is 50.8 Å². The molecule has 0 spiro atoms. The number of esters is 1. The molecule has 0 aliphatic carbocycles. The Hall–Kier alpha value is -1.63. The van der Waals surface area contributed by atoms with E-state index in [1.165, 1.54) is 7.11 Å². The Morgan fingerprint density at radius 3 is 2.76 bits per heavy atom. The molecule has 1 atom stereocenters. The molecule has 0 unspecified atom stereocenters. The van der Waals surface area contributed by atoms with Crippen LogP contribution < -0.4 is 5.32 Å². The number of allylic oxidation sites excluding steroid dienone is 1. The number of nitrogens with zero attached hydrogens (tertiary/aromatic N) is 1. The van der Waals surface area contributed by atoms with E-state index in [1.807, 2.05) is 36.9 Å². The summed E-state index contributed by atoms with van der Waals surface area (Å²) in [6.45, 7) is 5.82.